The quantitative estimate of drug-likeness (QED) is 0.205. The molecule has 6 heterocycles. The predicted octanol–water partition coefficient (Wildman–Crippen LogP) is 7.13. The molecule has 2 aliphatic heterocycles. The van der Waals surface area contributed by atoms with Gasteiger partial charge in [0.1, 0.15) is 11.2 Å². The molecule has 0 amide bonds. The third-order valence-corrected chi connectivity index (χ3v) is 9.34. The highest BCUT2D eigenvalue weighted by molar-refractivity contribution is 6.90. The molecule has 4 nitrogen and oxygen atoms in total. The molecule has 0 aliphatic carbocycles. The number of para-hydroxylation sites is 4. The minimum atomic E-state index is 0.00206. The van der Waals surface area contributed by atoms with Crippen molar-refractivity contribution < 1.29 is 4.42 Å². The molecule has 0 unspecified atom stereocenters. The molecule has 11 rings (SSSR count). The molecule has 0 fully saturated rings. The molecule has 0 N–H and O–H groups in total. The summed E-state index contributed by atoms with van der Waals surface area (Å²) in [4.78, 5) is 5.09. The zero-order valence-corrected chi connectivity index (χ0v) is 21.2. The first-order valence-electron chi connectivity index (χ1n) is 13.8. The molecule has 0 saturated heterocycles. The third kappa shape index (κ3) is 2.02. The number of hydrogen-bond acceptors (Lipinski definition) is 2. The smallest absolute Gasteiger partial charge is 0.333 e. The Morgan fingerprint density at radius 3 is 2.25 bits per heavy atom. The van der Waals surface area contributed by atoms with Gasteiger partial charge in [-0.3, -0.25) is 4.98 Å². The van der Waals surface area contributed by atoms with Gasteiger partial charge in [-0.2, -0.15) is 0 Å². The molecular weight excluding hydrogens is 489 g/mol. The summed E-state index contributed by atoms with van der Waals surface area (Å²) in [5, 5.41) is 7.34. The van der Waals surface area contributed by atoms with Gasteiger partial charge in [0.15, 0.2) is 0 Å². The van der Waals surface area contributed by atoms with E-state index in [9.17, 15) is 0 Å². The maximum Gasteiger partial charge on any atom is 0.333 e. The van der Waals surface area contributed by atoms with Crippen molar-refractivity contribution in [2.24, 2.45) is 0 Å². The van der Waals surface area contributed by atoms with Gasteiger partial charge in [-0.05, 0) is 41.3 Å². The topological polar surface area (TPSA) is 35.9 Å². The lowest BCUT2D eigenvalue weighted by Crippen LogP contribution is -2.55. The van der Waals surface area contributed by atoms with Crippen LogP contribution >= 0.6 is 0 Å². The van der Waals surface area contributed by atoms with Crippen LogP contribution in [-0.2, 0) is 0 Å². The van der Waals surface area contributed by atoms with Crippen LogP contribution in [0.15, 0.2) is 114 Å². The summed E-state index contributed by atoms with van der Waals surface area (Å²) in [6.07, 6.45) is 1.96. The molecule has 0 spiro atoms. The van der Waals surface area contributed by atoms with Crippen molar-refractivity contribution in [2.45, 2.75) is 0 Å². The molecule has 5 aromatic carbocycles. The van der Waals surface area contributed by atoms with E-state index in [0.717, 1.165) is 33.2 Å². The van der Waals surface area contributed by atoms with Crippen LogP contribution in [0.4, 0.5) is 0 Å². The molecule has 9 aromatic rings. The Kier molecular flexibility index (Phi) is 3.19. The summed E-state index contributed by atoms with van der Waals surface area (Å²) in [5.74, 6) is 0. The molecule has 182 valence electrons. The minimum absolute atomic E-state index is 0.00206. The number of hydrogen-bond donors (Lipinski definition) is 0. The zero-order chi connectivity index (χ0) is 25.7. The van der Waals surface area contributed by atoms with Crippen molar-refractivity contribution in [1.29, 1.82) is 0 Å². The Bertz CT molecular complexity index is 2620. The molecular formula is C35H18BN3O. The van der Waals surface area contributed by atoms with E-state index in [-0.39, 0.29) is 6.85 Å². The second-order valence-electron chi connectivity index (χ2n) is 11.1. The maximum atomic E-state index is 6.71. The highest BCUT2D eigenvalue weighted by Crippen LogP contribution is 2.46. The fourth-order valence-electron chi connectivity index (χ4n) is 7.89. The van der Waals surface area contributed by atoms with E-state index >= 15 is 0 Å². The van der Waals surface area contributed by atoms with E-state index in [1.54, 1.807) is 0 Å². The molecule has 40 heavy (non-hydrogen) atoms. The first kappa shape index (κ1) is 19.7. The second-order valence-corrected chi connectivity index (χ2v) is 11.1. The van der Waals surface area contributed by atoms with E-state index in [2.05, 4.69) is 112 Å². The predicted molar refractivity (Wildman–Crippen MR) is 165 cm³/mol. The SMILES string of the molecule is c1ccc2c(c1)oc1c3c4c(cc12)-n1c2ccccc2c2cccc(c21)B4n1c2ccccc2c2ccnc-3c21. The number of aromatic nitrogens is 3. The average Bonchev–Trinajstić information content (AvgIpc) is 3.66. The molecule has 0 radical (unpaired) electrons. The van der Waals surface area contributed by atoms with Crippen molar-refractivity contribution in [3.05, 3.63) is 109 Å². The maximum absolute atomic E-state index is 6.71. The highest BCUT2D eigenvalue weighted by atomic mass is 16.3. The van der Waals surface area contributed by atoms with Gasteiger partial charge < -0.3 is 13.5 Å². The first-order chi connectivity index (χ1) is 19.9. The third-order valence-electron chi connectivity index (χ3n) is 9.34. The number of rotatable bonds is 0. The van der Waals surface area contributed by atoms with Gasteiger partial charge in [-0.1, -0.05) is 72.8 Å². The number of pyridine rings is 1. The first-order valence-corrected chi connectivity index (χ1v) is 13.8. The number of benzene rings is 5. The summed E-state index contributed by atoms with van der Waals surface area (Å²) < 4.78 is 11.8. The average molecular weight is 507 g/mol. The second kappa shape index (κ2) is 6.46. The highest BCUT2D eigenvalue weighted by Gasteiger charge is 2.43. The van der Waals surface area contributed by atoms with Gasteiger partial charge >= 0.3 is 6.85 Å². The van der Waals surface area contributed by atoms with Gasteiger partial charge in [-0.15, -0.1) is 0 Å². The van der Waals surface area contributed by atoms with Crippen molar-refractivity contribution >= 4 is 83.3 Å². The standard InChI is InChI=1S/C35H18BN3O/c1-4-13-26-19(8-1)22-11-7-12-25-33(22)38(26)28-18-24-21-10-3-6-15-29(21)40-35(24)30-31(28)36(25)39-27-14-5-2-9-20(27)23-16-17-37-32(30)34(23)39/h1-18H. The summed E-state index contributed by atoms with van der Waals surface area (Å²) in [5.41, 5.74) is 12.7. The van der Waals surface area contributed by atoms with E-state index in [4.69, 9.17) is 9.40 Å². The lowest BCUT2D eigenvalue weighted by atomic mass is 9.46. The molecule has 2 aliphatic rings. The van der Waals surface area contributed by atoms with Crippen molar-refractivity contribution in [3.8, 4) is 16.9 Å². The van der Waals surface area contributed by atoms with Gasteiger partial charge in [-0.25, -0.2) is 0 Å². The van der Waals surface area contributed by atoms with E-state index in [1.807, 2.05) is 6.20 Å². The fraction of sp³-hybridized carbons (Fsp3) is 0. The van der Waals surface area contributed by atoms with Gasteiger partial charge in [0.2, 0.25) is 0 Å². The molecule has 0 saturated carbocycles. The van der Waals surface area contributed by atoms with Gasteiger partial charge in [0, 0.05) is 55.3 Å². The van der Waals surface area contributed by atoms with Crippen LogP contribution in [0.2, 0.25) is 0 Å². The molecule has 0 atom stereocenters. The Hall–Kier alpha value is -5.29. The number of fused-ring (bicyclic) bond motifs is 14. The van der Waals surface area contributed by atoms with Gasteiger partial charge in [0.05, 0.1) is 22.2 Å². The number of furan rings is 1. The zero-order valence-electron chi connectivity index (χ0n) is 21.2. The Morgan fingerprint density at radius 2 is 1.35 bits per heavy atom. The monoisotopic (exact) mass is 507 g/mol. The summed E-state index contributed by atoms with van der Waals surface area (Å²) in [6.45, 7) is 0.00206. The number of nitrogens with zero attached hydrogens (tertiary/aromatic N) is 3. The summed E-state index contributed by atoms with van der Waals surface area (Å²) in [7, 11) is 0. The Labute approximate surface area is 227 Å². The van der Waals surface area contributed by atoms with Crippen LogP contribution in [0.3, 0.4) is 0 Å². The lowest BCUT2D eigenvalue weighted by Gasteiger charge is -2.33. The van der Waals surface area contributed by atoms with Gasteiger partial charge in [0.25, 0.3) is 0 Å². The summed E-state index contributed by atoms with van der Waals surface area (Å²) in [6, 6.07) is 37.3. The van der Waals surface area contributed by atoms with Crippen LogP contribution in [0.5, 0.6) is 0 Å². The Morgan fingerprint density at radius 1 is 0.625 bits per heavy atom. The van der Waals surface area contributed by atoms with Crippen LogP contribution in [-0.4, -0.2) is 20.9 Å². The van der Waals surface area contributed by atoms with Crippen LogP contribution < -0.4 is 10.9 Å². The summed E-state index contributed by atoms with van der Waals surface area (Å²) >= 11 is 0. The normalized spacial score (nSPS) is 13.4. The van der Waals surface area contributed by atoms with Crippen molar-refractivity contribution in [3.63, 3.8) is 0 Å². The van der Waals surface area contributed by atoms with Crippen molar-refractivity contribution in [1.82, 2.24) is 14.0 Å². The van der Waals surface area contributed by atoms with E-state index < -0.39 is 0 Å². The molecule has 0 bridgehead atoms. The molecule has 4 aromatic heterocycles. The van der Waals surface area contributed by atoms with Crippen molar-refractivity contribution in [2.75, 3.05) is 0 Å². The Balaban J connectivity index is 1.49. The minimum Gasteiger partial charge on any atom is -0.455 e. The van der Waals surface area contributed by atoms with E-state index in [1.165, 1.54) is 60.2 Å². The van der Waals surface area contributed by atoms with Crippen LogP contribution in [0.1, 0.15) is 0 Å². The van der Waals surface area contributed by atoms with Crippen LogP contribution in [0.25, 0.3) is 82.5 Å². The van der Waals surface area contributed by atoms with Crippen LogP contribution in [0, 0.1) is 0 Å². The lowest BCUT2D eigenvalue weighted by molar-refractivity contribution is 0.670. The molecule has 5 heteroatoms. The largest absolute Gasteiger partial charge is 0.455 e. The fourth-order valence-corrected chi connectivity index (χ4v) is 7.89. The van der Waals surface area contributed by atoms with E-state index in [0.29, 0.717) is 0 Å².